The van der Waals surface area contributed by atoms with Crippen LogP contribution in [0.2, 0.25) is 0 Å². The average molecular weight is 716 g/mol. The lowest BCUT2D eigenvalue weighted by Crippen LogP contribution is -2.37. The molecule has 0 aliphatic heterocycles. The molecule has 1 aliphatic rings. The summed E-state index contributed by atoms with van der Waals surface area (Å²) in [6, 6.07) is 16.1. The third-order valence-electron chi connectivity index (χ3n) is 7.58. The van der Waals surface area contributed by atoms with E-state index < -0.39 is 53.4 Å². The quantitative estimate of drug-likeness (QED) is 0.0710. The van der Waals surface area contributed by atoms with Gasteiger partial charge < -0.3 is 19.0 Å². The van der Waals surface area contributed by atoms with Crippen LogP contribution in [0.1, 0.15) is 61.0 Å². The van der Waals surface area contributed by atoms with E-state index in [0.29, 0.717) is 22.1 Å². The predicted octanol–water partition coefficient (Wildman–Crippen LogP) is 6.03. The highest BCUT2D eigenvalue weighted by atomic mass is 32.2. The summed E-state index contributed by atoms with van der Waals surface area (Å²) in [6.07, 6.45) is 1.33. The molecule has 1 aliphatic carbocycles. The fourth-order valence-corrected chi connectivity index (χ4v) is 7.86. The molecule has 2 atom stereocenters. The summed E-state index contributed by atoms with van der Waals surface area (Å²) in [6.45, 7) is 4.20. The van der Waals surface area contributed by atoms with Gasteiger partial charge in [0.25, 0.3) is 5.91 Å². The van der Waals surface area contributed by atoms with E-state index in [9.17, 15) is 27.0 Å². The predicted molar refractivity (Wildman–Crippen MR) is 182 cm³/mol. The fourth-order valence-electron chi connectivity index (χ4n) is 5.21. The number of hydrogen-bond donors (Lipinski definition) is 3. The van der Waals surface area contributed by atoms with Gasteiger partial charge >= 0.3 is 13.7 Å². The summed E-state index contributed by atoms with van der Waals surface area (Å²) >= 11 is 0. The van der Waals surface area contributed by atoms with E-state index in [0.717, 1.165) is 18.4 Å². The maximum atomic E-state index is 13.7. The van der Waals surface area contributed by atoms with E-state index >= 15 is 0 Å². The molecule has 49 heavy (non-hydrogen) atoms. The molecular formula is C34H39FN3O9PS. The smallest absolute Gasteiger partial charge is 0.459 e. The first-order valence-corrected chi connectivity index (χ1v) is 19.0. The second-order valence-electron chi connectivity index (χ2n) is 11.9. The van der Waals surface area contributed by atoms with Crippen LogP contribution in [-0.2, 0) is 34.4 Å². The van der Waals surface area contributed by atoms with Gasteiger partial charge in [-0.25, -0.2) is 22.1 Å². The Hall–Kier alpha value is -4.07. The number of fused-ring (bicyclic) bond motifs is 1. The van der Waals surface area contributed by atoms with Crippen molar-refractivity contribution >= 4 is 40.6 Å². The second kappa shape index (κ2) is 15.2. The van der Waals surface area contributed by atoms with E-state index in [2.05, 4.69) is 15.1 Å². The van der Waals surface area contributed by atoms with Crippen LogP contribution < -0.4 is 19.6 Å². The Balaban J connectivity index is 1.32. The van der Waals surface area contributed by atoms with Gasteiger partial charge in [-0.3, -0.25) is 14.1 Å². The second-order valence-corrected chi connectivity index (χ2v) is 15.4. The molecule has 0 bridgehead atoms. The van der Waals surface area contributed by atoms with Gasteiger partial charge in [0, 0.05) is 24.5 Å². The van der Waals surface area contributed by atoms with Crippen molar-refractivity contribution in [3.8, 4) is 17.1 Å². The molecule has 4 aromatic rings. The van der Waals surface area contributed by atoms with E-state index in [4.69, 9.17) is 18.2 Å². The van der Waals surface area contributed by atoms with Crippen LogP contribution in [0.3, 0.4) is 0 Å². The third-order valence-corrected chi connectivity index (χ3v) is 10.6. The van der Waals surface area contributed by atoms with Crippen LogP contribution in [-0.4, -0.2) is 52.6 Å². The Morgan fingerprint density at radius 1 is 1.04 bits per heavy atom. The van der Waals surface area contributed by atoms with Crippen LogP contribution in [0.4, 0.5) is 4.39 Å². The summed E-state index contributed by atoms with van der Waals surface area (Å²) in [5.41, 5.74) is 2.38. The third kappa shape index (κ3) is 9.34. The lowest BCUT2D eigenvalue weighted by molar-refractivity contribution is -0.149. The molecule has 3 N–H and O–H groups in total. The van der Waals surface area contributed by atoms with Crippen molar-refractivity contribution in [3.63, 3.8) is 0 Å². The lowest BCUT2D eigenvalue weighted by Gasteiger charge is -2.23. The molecule has 0 radical (unpaired) electrons. The Kier molecular flexibility index (Phi) is 11.3. The van der Waals surface area contributed by atoms with E-state index in [1.165, 1.54) is 38.2 Å². The largest absolute Gasteiger partial charge is 0.462 e. The van der Waals surface area contributed by atoms with Gasteiger partial charge in [-0.15, -0.1) is 0 Å². The SMILES string of the molecule is CNC(=O)c1c(-c2ccc(F)cc2)oc2cc(CS(=O)(=O)NCCOP(=O)(NC(C)C(=O)OC(C)C)Oc3ccccc3)c(C3CC3)cc12. The number of amides is 1. The van der Waals surface area contributed by atoms with Crippen molar-refractivity contribution in [2.75, 3.05) is 20.2 Å². The van der Waals surface area contributed by atoms with Crippen molar-refractivity contribution in [1.29, 1.82) is 0 Å². The zero-order valence-electron chi connectivity index (χ0n) is 27.5. The topological polar surface area (TPSA) is 162 Å². The number of carbonyl (C=O) groups is 2. The van der Waals surface area contributed by atoms with Crippen LogP contribution in [0, 0.1) is 5.82 Å². The maximum Gasteiger partial charge on any atom is 0.459 e. The fraction of sp³-hybridized carbons (Fsp3) is 0.353. The minimum atomic E-state index is -4.18. The van der Waals surface area contributed by atoms with Gasteiger partial charge in [0.1, 0.15) is 29.0 Å². The van der Waals surface area contributed by atoms with Crippen molar-refractivity contribution in [2.24, 2.45) is 0 Å². The Morgan fingerprint density at radius 3 is 2.37 bits per heavy atom. The Labute approximate surface area is 284 Å². The number of halogens is 1. The van der Waals surface area contributed by atoms with Crippen molar-refractivity contribution in [1.82, 2.24) is 15.1 Å². The van der Waals surface area contributed by atoms with E-state index in [-0.39, 0.29) is 36.1 Å². The molecule has 1 amide bonds. The number of ether oxygens (including phenoxy) is 1. The monoisotopic (exact) mass is 715 g/mol. The van der Waals surface area contributed by atoms with Crippen LogP contribution in [0.15, 0.2) is 71.1 Å². The van der Waals surface area contributed by atoms with Gasteiger partial charge in [0.2, 0.25) is 10.0 Å². The van der Waals surface area contributed by atoms with Crippen LogP contribution >= 0.6 is 7.75 Å². The van der Waals surface area contributed by atoms with Gasteiger partial charge in [-0.2, -0.15) is 5.09 Å². The van der Waals surface area contributed by atoms with E-state index in [1.807, 2.05) is 0 Å². The number of nitrogens with one attached hydrogen (secondary N) is 3. The highest BCUT2D eigenvalue weighted by Crippen LogP contribution is 2.46. The molecule has 0 spiro atoms. The molecule has 1 aromatic heterocycles. The van der Waals surface area contributed by atoms with Crippen molar-refractivity contribution in [3.05, 3.63) is 89.2 Å². The molecule has 1 heterocycles. The first kappa shape index (κ1) is 36.2. The number of benzene rings is 3. The zero-order valence-corrected chi connectivity index (χ0v) is 29.2. The molecule has 1 saturated carbocycles. The lowest BCUT2D eigenvalue weighted by atomic mass is 9.98. The summed E-state index contributed by atoms with van der Waals surface area (Å²) in [4.78, 5) is 25.4. The average Bonchev–Trinajstić information content (AvgIpc) is 3.83. The van der Waals surface area contributed by atoms with Crippen LogP contribution in [0.25, 0.3) is 22.3 Å². The molecule has 15 heteroatoms. The number of para-hydroxylation sites is 1. The minimum absolute atomic E-state index is 0.121. The van der Waals surface area contributed by atoms with Gasteiger partial charge in [-0.05, 0) is 99.2 Å². The summed E-state index contributed by atoms with van der Waals surface area (Å²) < 4.78 is 78.9. The Morgan fingerprint density at radius 2 is 1.73 bits per heavy atom. The number of carbonyl (C=O) groups excluding carboxylic acids is 2. The van der Waals surface area contributed by atoms with E-state index in [1.54, 1.807) is 56.3 Å². The van der Waals surface area contributed by atoms with Crippen LogP contribution in [0.5, 0.6) is 5.75 Å². The number of hydrogen-bond acceptors (Lipinski definition) is 9. The standard InChI is InChI=1S/C34H39FN3O9PS/c1-21(2)45-34(40)22(3)38-48(41,47-27-8-6-5-7-9-27)44-17-16-37-49(42,43)20-25-18-30-29(19-28(25)23-10-11-23)31(33(39)36-4)32(46-30)24-12-14-26(35)15-13-24/h5-9,12-15,18-19,21-23,37H,10-11,16-17,20H2,1-4H3,(H,36,39)(H,38,41). The molecule has 2 unspecified atom stereocenters. The van der Waals surface area contributed by atoms with Gasteiger partial charge in [0.05, 0.1) is 24.0 Å². The molecule has 0 saturated heterocycles. The highest BCUT2D eigenvalue weighted by molar-refractivity contribution is 7.88. The van der Waals surface area contributed by atoms with Gasteiger partial charge in [0.15, 0.2) is 0 Å². The summed E-state index contributed by atoms with van der Waals surface area (Å²) in [5, 5.41) is 5.71. The number of esters is 1. The molecule has 12 nitrogen and oxygen atoms in total. The first-order valence-electron chi connectivity index (χ1n) is 15.8. The summed E-state index contributed by atoms with van der Waals surface area (Å²) in [5.74, 6) is -1.31. The molecule has 3 aromatic carbocycles. The first-order chi connectivity index (χ1) is 23.3. The highest BCUT2D eigenvalue weighted by Gasteiger charge is 2.33. The zero-order chi connectivity index (χ0) is 35.3. The minimum Gasteiger partial charge on any atom is -0.462 e. The van der Waals surface area contributed by atoms with Crippen molar-refractivity contribution < 1.29 is 45.2 Å². The molecular weight excluding hydrogens is 676 g/mol. The molecule has 5 rings (SSSR count). The Bertz CT molecular complexity index is 1960. The van der Waals surface area contributed by atoms with Crippen molar-refractivity contribution in [2.45, 2.75) is 57.4 Å². The normalized spacial score (nSPS) is 15.1. The molecule has 262 valence electrons. The number of furan rings is 1. The number of rotatable bonds is 16. The van der Waals surface area contributed by atoms with Gasteiger partial charge in [-0.1, -0.05) is 18.2 Å². The summed E-state index contributed by atoms with van der Waals surface area (Å²) in [7, 11) is -6.64. The maximum absolute atomic E-state index is 13.7. The molecule has 1 fully saturated rings. The number of sulfonamides is 1.